The van der Waals surface area contributed by atoms with Crippen molar-refractivity contribution in [3.05, 3.63) is 65.2 Å². The standard InChI is InChI=1S/C23H26O/c1-14-6-2-3-7-17(14)15-10-19-16-12-20(22(13-16)21(19)11-15)18-8-4-5-9-23(18)24/h2-9,15-16,19-22,24H,10-13H2,1H3. The molecule has 0 spiro atoms. The zero-order valence-electron chi connectivity index (χ0n) is 14.4. The fourth-order valence-corrected chi connectivity index (χ4v) is 6.53. The maximum Gasteiger partial charge on any atom is 0.119 e. The first-order valence-electron chi connectivity index (χ1n) is 9.55. The van der Waals surface area contributed by atoms with Gasteiger partial charge in [0.15, 0.2) is 0 Å². The topological polar surface area (TPSA) is 20.2 Å². The minimum Gasteiger partial charge on any atom is -0.508 e. The molecule has 2 aromatic rings. The molecule has 1 heteroatoms. The Morgan fingerprint density at radius 2 is 1.46 bits per heavy atom. The molecule has 5 rings (SSSR count). The first kappa shape index (κ1) is 14.6. The van der Waals surface area contributed by atoms with Crippen LogP contribution in [0, 0.1) is 30.6 Å². The van der Waals surface area contributed by atoms with Gasteiger partial charge in [-0.2, -0.15) is 0 Å². The first-order valence-corrected chi connectivity index (χ1v) is 9.55. The number of phenolic OH excluding ortho intramolecular Hbond substituents is 1. The molecule has 3 aliphatic carbocycles. The molecule has 0 radical (unpaired) electrons. The fraction of sp³-hybridized carbons (Fsp3) is 0.478. The van der Waals surface area contributed by atoms with Crippen LogP contribution in [0.5, 0.6) is 5.75 Å². The molecule has 0 aromatic heterocycles. The van der Waals surface area contributed by atoms with Gasteiger partial charge in [0.1, 0.15) is 5.75 Å². The van der Waals surface area contributed by atoms with E-state index in [0.29, 0.717) is 11.7 Å². The Hall–Kier alpha value is -1.76. The highest BCUT2D eigenvalue weighted by Gasteiger charge is 2.56. The summed E-state index contributed by atoms with van der Waals surface area (Å²) in [6.45, 7) is 2.27. The molecule has 3 fully saturated rings. The quantitative estimate of drug-likeness (QED) is 0.760. The summed E-state index contributed by atoms with van der Waals surface area (Å²) in [6, 6.07) is 17.0. The van der Waals surface area contributed by atoms with Gasteiger partial charge in [-0.15, -0.1) is 0 Å². The van der Waals surface area contributed by atoms with Gasteiger partial charge < -0.3 is 5.11 Å². The second kappa shape index (κ2) is 5.37. The molecule has 6 unspecified atom stereocenters. The van der Waals surface area contributed by atoms with Crippen LogP contribution in [0.4, 0.5) is 0 Å². The van der Waals surface area contributed by atoms with E-state index >= 15 is 0 Å². The summed E-state index contributed by atoms with van der Waals surface area (Å²) in [5, 5.41) is 10.3. The van der Waals surface area contributed by atoms with Crippen molar-refractivity contribution in [1.29, 1.82) is 0 Å². The number of hydrogen-bond donors (Lipinski definition) is 1. The van der Waals surface area contributed by atoms with E-state index in [1.165, 1.54) is 36.8 Å². The van der Waals surface area contributed by atoms with Crippen LogP contribution in [0.25, 0.3) is 0 Å². The van der Waals surface area contributed by atoms with Crippen molar-refractivity contribution in [2.45, 2.75) is 44.4 Å². The van der Waals surface area contributed by atoms with Gasteiger partial charge in [0.25, 0.3) is 0 Å². The molecule has 1 nitrogen and oxygen atoms in total. The van der Waals surface area contributed by atoms with Gasteiger partial charge in [-0.3, -0.25) is 0 Å². The summed E-state index contributed by atoms with van der Waals surface area (Å²) < 4.78 is 0. The zero-order chi connectivity index (χ0) is 16.3. The lowest BCUT2D eigenvalue weighted by atomic mass is 9.73. The molecule has 1 N–H and O–H groups in total. The normalized spacial score (nSPS) is 36.9. The molecule has 0 aliphatic heterocycles. The van der Waals surface area contributed by atoms with Crippen LogP contribution in [0.3, 0.4) is 0 Å². The number of phenols is 1. The van der Waals surface area contributed by atoms with Crippen molar-refractivity contribution in [3.8, 4) is 5.75 Å². The van der Waals surface area contributed by atoms with Crippen LogP contribution in [-0.2, 0) is 0 Å². The van der Waals surface area contributed by atoms with E-state index in [0.717, 1.165) is 29.6 Å². The molecule has 2 aromatic carbocycles. The maximum atomic E-state index is 10.3. The Kier molecular flexibility index (Phi) is 3.26. The number of rotatable bonds is 2. The molecule has 0 heterocycles. The number of para-hydroxylation sites is 1. The Balaban J connectivity index is 1.42. The van der Waals surface area contributed by atoms with E-state index in [9.17, 15) is 5.11 Å². The summed E-state index contributed by atoms with van der Waals surface area (Å²) in [4.78, 5) is 0. The maximum absolute atomic E-state index is 10.3. The Bertz CT molecular complexity index is 764. The third kappa shape index (κ3) is 2.06. The van der Waals surface area contributed by atoms with Gasteiger partial charge >= 0.3 is 0 Å². The monoisotopic (exact) mass is 318 g/mol. The second-order valence-electron chi connectivity index (χ2n) is 8.41. The van der Waals surface area contributed by atoms with Crippen molar-refractivity contribution in [2.24, 2.45) is 23.7 Å². The minimum absolute atomic E-state index is 0.514. The summed E-state index contributed by atoms with van der Waals surface area (Å²) >= 11 is 0. The molecule has 3 aliphatic rings. The molecule has 0 saturated heterocycles. The third-order valence-electron chi connectivity index (χ3n) is 7.43. The van der Waals surface area contributed by atoms with Gasteiger partial charge in [-0.1, -0.05) is 42.5 Å². The van der Waals surface area contributed by atoms with Crippen molar-refractivity contribution in [2.75, 3.05) is 0 Å². The van der Waals surface area contributed by atoms with Crippen LogP contribution in [-0.4, -0.2) is 5.11 Å². The van der Waals surface area contributed by atoms with E-state index < -0.39 is 0 Å². The number of hydrogen-bond acceptors (Lipinski definition) is 1. The molecular weight excluding hydrogens is 292 g/mol. The highest BCUT2D eigenvalue weighted by atomic mass is 16.3. The molecule has 3 saturated carbocycles. The average molecular weight is 318 g/mol. The number of aromatic hydroxyl groups is 1. The number of fused-ring (bicyclic) bond motifs is 5. The summed E-state index contributed by atoms with van der Waals surface area (Å²) in [5.74, 6) is 5.35. The molecule has 124 valence electrons. The Labute approximate surface area is 144 Å². The predicted octanol–water partition coefficient (Wildman–Crippen LogP) is 5.63. The summed E-state index contributed by atoms with van der Waals surface area (Å²) in [6.07, 6.45) is 5.45. The largest absolute Gasteiger partial charge is 0.508 e. The highest BCUT2D eigenvalue weighted by Crippen LogP contribution is 2.66. The molecule has 0 amide bonds. The van der Waals surface area contributed by atoms with E-state index in [2.05, 4.69) is 43.3 Å². The summed E-state index contributed by atoms with van der Waals surface area (Å²) in [7, 11) is 0. The third-order valence-corrected chi connectivity index (χ3v) is 7.43. The van der Waals surface area contributed by atoms with Crippen LogP contribution in [0.1, 0.15) is 54.2 Å². The van der Waals surface area contributed by atoms with Gasteiger partial charge in [-0.25, -0.2) is 0 Å². The minimum atomic E-state index is 0.514. The Morgan fingerprint density at radius 3 is 2.25 bits per heavy atom. The van der Waals surface area contributed by atoms with Gasteiger partial charge in [0.05, 0.1) is 0 Å². The van der Waals surface area contributed by atoms with Crippen molar-refractivity contribution >= 4 is 0 Å². The Morgan fingerprint density at radius 1 is 0.750 bits per heavy atom. The lowest BCUT2D eigenvalue weighted by Crippen LogP contribution is -2.23. The van der Waals surface area contributed by atoms with Gasteiger partial charge in [-0.05, 0) is 90.9 Å². The number of aryl methyl sites for hydroxylation is 1. The van der Waals surface area contributed by atoms with Crippen molar-refractivity contribution in [1.82, 2.24) is 0 Å². The van der Waals surface area contributed by atoms with Crippen molar-refractivity contribution in [3.63, 3.8) is 0 Å². The van der Waals surface area contributed by atoms with Gasteiger partial charge in [0.2, 0.25) is 0 Å². The zero-order valence-corrected chi connectivity index (χ0v) is 14.4. The predicted molar refractivity (Wildman–Crippen MR) is 97.2 cm³/mol. The lowest BCUT2D eigenvalue weighted by molar-refractivity contribution is 0.230. The van der Waals surface area contributed by atoms with E-state index in [1.54, 1.807) is 5.56 Å². The van der Waals surface area contributed by atoms with E-state index in [1.807, 2.05) is 12.1 Å². The SMILES string of the molecule is Cc1ccccc1C1CC2C3CC(c4ccccc4O)C(C3)C2C1. The van der Waals surface area contributed by atoms with E-state index in [4.69, 9.17) is 0 Å². The van der Waals surface area contributed by atoms with Gasteiger partial charge in [0, 0.05) is 0 Å². The van der Waals surface area contributed by atoms with Crippen LogP contribution in [0.15, 0.2) is 48.5 Å². The van der Waals surface area contributed by atoms with E-state index in [-0.39, 0.29) is 0 Å². The van der Waals surface area contributed by atoms with Crippen molar-refractivity contribution < 1.29 is 5.11 Å². The lowest BCUT2D eigenvalue weighted by Gasteiger charge is -2.32. The smallest absolute Gasteiger partial charge is 0.119 e. The molecule has 2 bridgehead atoms. The first-order chi connectivity index (χ1) is 11.7. The second-order valence-corrected chi connectivity index (χ2v) is 8.41. The van der Waals surface area contributed by atoms with Crippen LogP contribution in [0.2, 0.25) is 0 Å². The van der Waals surface area contributed by atoms with Crippen LogP contribution >= 0.6 is 0 Å². The van der Waals surface area contributed by atoms with Crippen LogP contribution < -0.4 is 0 Å². The summed E-state index contributed by atoms with van der Waals surface area (Å²) in [5.41, 5.74) is 4.26. The molecular formula is C23H26O. The highest BCUT2D eigenvalue weighted by molar-refractivity contribution is 5.38. The molecule has 24 heavy (non-hydrogen) atoms. The average Bonchev–Trinajstić information content (AvgIpc) is 3.27. The number of benzene rings is 2. The molecule has 6 atom stereocenters. The fourth-order valence-electron chi connectivity index (χ4n) is 6.53.